The van der Waals surface area contributed by atoms with Crippen molar-refractivity contribution in [3.8, 4) is 0 Å². The number of hydrogen-bond acceptors (Lipinski definition) is 8. The van der Waals surface area contributed by atoms with Crippen molar-refractivity contribution >= 4 is 34.6 Å². The first-order chi connectivity index (χ1) is 18.1. The third-order valence-corrected chi connectivity index (χ3v) is 7.56. The number of aromatic nitrogens is 2. The monoisotopic (exact) mass is 519 g/mol. The topological polar surface area (TPSA) is 109 Å². The number of alkyl carbamates (subject to hydrolysis) is 1. The van der Waals surface area contributed by atoms with Crippen LogP contribution >= 0.6 is 0 Å². The van der Waals surface area contributed by atoms with Gasteiger partial charge in [-0.15, -0.1) is 0 Å². The fourth-order valence-corrected chi connectivity index (χ4v) is 5.00. The Bertz CT molecular complexity index is 1220. The number of fused-ring (bicyclic) bond motifs is 1. The number of nitrogens with one attached hydrogen (secondary N) is 1. The molecule has 3 fully saturated rings. The number of allylic oxidation sites excluding steroid dienone is 2. The van der Waals surface area contributed by atoms with Crippen LogP contribution in [0.15, 0.2) is 35.1 Å². The molecule has 9 nitrogen and oxygen atoms in total. The molecule has 2 heterocycles. The highest BCUT2D eigenvalue weighted by Gasteiger charge is 2.30. The zero-order valence-electron chi connectivity index (χ0n) is 23.1. The van der Waals surface area contributed by atoms with Gasteiger partial charge < -0.3 is 25.6 Å². The first-order valence-corrected chi connectivity index (χ1v) is 13.8. The minimum Gasteiger partial charge on any atom is -0.444 e. The standard InChI is InChI=1S/C29H41N7O2/c1-29(2,3)38-28(37)33-16-19-13-21(14-19)31-17-23(27(30)20-5-6-20)26-18-32-25-15-22(7-8-24(25)34-26)36-11-9-35(4)10-12-36/h7-8,15,17-21H,5-6,9-14,16,30H2,1-4H3,(H,33,37). The molecule has 1 aliphatic heterocycles. The van der Waals surface area contributed by atoms with Crippen molar-refractivity contribution in [1.29, 1.82) is 0 Å². The Balaban J connectivity index is 1.23. The second-order valence-electron chi connectivity index (χ2n) is 12.0. The summed E-state index contributed by atoms with van der Waals surface area (Å²) in [6.07, 6.45) is 7.46. The zero-order valence-corrected chi connectivity index (χ0v) is 23.1. The van der Waals surface area contributed by atoms with Gasteiger partial charge in [-0.2, -0.15) is 0 Å². The van der Waals surface area contributed by atoms with Crippen molar-refractivity contribution in [3.05, 3.63) is 35.8 Å². The number of carbonyl (C=O) groups is 1. The van der Waals surface area contributed by atoms with E-state index in [2.05, 4.69) is 40.4 Å². The maximum Gasteiger partial charge on any atom is 0.407 e. The highest BCUT2D eigenvalue weighted by Crippen LogP contribution is 2.37. The van der Waals surface area contributed by atoms with Crippen LogP contribution in [0.4, 0.5) is 10.5 Å². The van der Waals surface area contributed by atoms with Gasteiger partial charge in [-0.3, -0.25) is 9.98 Å². The summed E-state index contributed by atoms with van der Waals surface area (Å²) in [5.74, 6) is 0.813. The average Bonchev–Trinajstić information content (AvgIpc) is 3.69. The summed E-state index contributed by atoms with van der Waals surface area (Å²) in [6.45, 7) is 10.4. The van der Waals surface area contributed by atoms with Crippen LogP contribution in [0, 0.1) is 11.8 Å². The van der Waals surface area contributed by atoms with Crippen molar-refractivity contribution in [1.82, 2.24) is 20.2 Å². The third kappa shape index (κ3) is 6.62. The van der Waals surface area contributed by atoms with Gasteiger partial charge >= 0.3 is 6.09 Å². The molecule has 2 saturated carbocycles. The van der Waals surface area contributed by atoms with E-state index in [4.69, 9.17) is 25.4 Å². The Morgan fingerprint density at radius 2 is 1.92 bits per heavy atom. The lowest BCUT2D eigenvalue weighted by Crippen LogP contribution is -2.44. The van der Waals surface area contributed by atoms with Crippen LogP contribution in [0.3, 0.4) is 0 Å². The number of hydrogen-bond donors (Lipinski definition) is 2. The lowest BCUT2D eigenvalue weighted by molar-refractivity contribution is 0.0507. The second kappa shape index (κ2) is 10.9. The van der Waals surface area contributed by atoms with Gasteiger partial charge in [0.25, 0.3) is 0 Å². The van der Waals surface area contributed by atoms with Crippen LogP contribution in [0.2, 0.25) is 0 Å². The van der Waals surface area contributed by atoms with E-state index in [1.807, 2.05) is 33.2 Å². The van der Waals surface area contributed by atoms with Crippen LogP contribution in [0.5, 0.6) is 0 Å². The highest BCUT2D eigenvalue weighted by molar-refractivity contribution is 6.10. The van der Waals surface area contributed by atoms with Gasteiger partial charge in [-0.1, -0.05) is 0 Å². The Kier molecular flexibility index (Phi) is 7.56. The fraction of sp³-hybridized carbons (Fsp3) is 0.586. The predicted octanol–water partition coefficient (Wildman–Crippen LogP) is 3.84. The van der Waals surface area contributed by atoms with Crippen molar-refractivity contribution in [2.45, 2.75) is 58.1 Å². The molecule has 0 atom stereocenters. The molecule has 2 aromatic rings. The molecule has 1 amide bonds. The van der Waals surface area contributed by atoms with Gasteiger partial charge in [-0.25, -0.2) is 9.78 Å². The maximum atomic E-state index is 11.9. The summed E-state index contributed by atoms with van der Waals surface area (Å²) >= 11 is 0. The summed E-state index contributed by atoms with van der Waals surface area (Å²) in [6, 6.07) is 6.57. The molecule has 1 saturated heterocycles. The third-order valence-electron chi connectivity index (χ3n) is 7.56. The molecule has 38 heavy (non-hydrogen) atoms. The predicted molar refractivity (Wildman–Crippen MR) is 152 cm³/mol. The Morgan fingerprint density at radius 1 is 1.18 bits per heavy atom. The minimum absolute atomic E-state index is 0.224. The van der Waals surface area contributed by atoms with E-state index in [1.54, 1.807) is 0 Å². The van der Waals surface area contributed by atoms with Gasteiger partial charge in [0, 0.05) is 55.9 Å². The molecule has 2 aliphatic carbocycles. The molecular weight excluding hydrogens is 478 g/mol. The molecule has 1 aromatic carbocycles. The molecule has 0 spiro atoms. The number of nitrogens with two attached hydrogens (primary N) is 1. The SMILES string of the molecule is CN1CCN(c2ccc3nc(C(C=NC4CC(CNC(=O)OC(C)(C)C)C4)=C(N)C4CC4)cnc3c2)CC1. The van der Waals surface area contributed by atoms with Gasteiger partial charge in [0.1, 0.15) is 5.60 Å². The van der Waals surface area contributed by atoms with Crippen LogP contribution in [0.25, 0.3) is 16.6 Å². The van der Waals surface area contributed by atoms with E-state index in [1.165, 1.54) is 5.69 Å². The molecule has 1 aromatic heterocycles. The lowest BCUT2D eigenvalue weighted by Gasteiger charge is -2.34. The molecule has 3 aliphatic rings. The lowest BCUT2D eigenvalue weighted by atomic mass is 9.80. The first kappa shape index (κ1) is 26.4. The van der Waals surface area contributed by atoms with Crippen molar-refractivity contribution in [2.75, 3.05) is 44.7 Å². The molecule has 5 rings (SSSR count). The Hall–Kier alpha value is -3.20. The summed E-state index contributed by atoms with van der Waals surface area (Å²) in [5, 5.41) is 2.87. The number of nitrogens with zero attached hydrogens (tertiary/aromatic N) is 5. The Morgan fingerprint density at radius 3 is 2.61 bits per heavy atom. The number of benzene rings is 1. The smallest absolute Gasteiger partial charge is 0.407 e. The van der Waals surface area contributed by atoms with E-state index < -0.39 is 5.60 Å². The minimum atomic E-state index is -0.487. The molecule has 204 valence electrons. The number of aliphatic imine (C=N–C) groups is 1. The summed E-state index contributed by atoms with van der Waals surface area (Å²) in [5.41, 5.74) is 11.6. The number of amides is 1. The zero-order chi connectivity index (χ0) is 26.9. The van der Waals surface area contributed by atoms with Gasteiger partial charge in [0.05, 0.1) is 29.0 Å². The summed E-state index contributed by atoms with van der Waals surface area (Å²) in [4.78, 5) is 31.2. The number of ether oxygens (including phenoxy) is 1. The van der Waals surface area contributed by atoms with E-state index in [0.29, 0.717) is 18.4 Å². The number of anilines is 1. The van der Waals surface area contributed by atoms with Crippen molar-refractivity contribution in [3.63, 3.8) is 0 Å². The highest BCUT2D eigenvalue weighted by atomic mass is 16.6. The molecular formula is C29H41N7O2. The quantitative estimate of drug-likeness (QED) is 0.535. The van der Waals surface area contributed by atoms with Crippen LogP contribution in [0.1, 0.15) is 52.1 Å². The van der Waals surface area contributed by atoms with Crippen molar-refractivity contribution in [2.24, 2.45) is 22.6 Å². The van der Waals surface area contributed by atoms with Gasteiger partial charge in [0.2, 0.25) is 0 Å². The number of piperazine rings is 1. The maximum absolute atomic E-state index is 11.9. The number of likely N-dealkylation sites (N-methyl/N-ethyl adjacent to an activating group) is 1. The molecule has 0 bridgehead atoms. The van der Waals surface area contributed by atoms with Crippen LogP contribution < -0.4 is 16.0 Å². The molecule has 3 N–H and O–H groups in total. The van der Waals surface area contributed by atoms with E-state index in [9.17, 15) is 4.79 Å². The molecule has 9 heteroatoms. The largest absolute Gasteiger partial charge is 0.444 e. The first-order valence-electron chi connectivity index (χ1n) is 13.8. The fourth-order valence-electron chi connectivity index (χ4n) is 5.00. The average molecular weight is 520 g/mol. The normalized spacial score (nSPS) is 23.3. The molecule has 0 unspecified atom stereocenters. The van der Waals surface area contributed by atoms with Crippen molar-refractivity contribution < 1.29 is 9.53 Å². The summed E-state index contributed by atoms with van der Waals surface area (Å²) < 4.78 is 5.32. The number of carbonyl (C=O) groups excluding carboxylic acids is 1. The van der Waals surface area contributed by atoms with E-state index in [-0.39, 0.29) is 12.1 Å². The summed E-state index contributed by atoms with van der Waals surface area (Å²) in [7, 11) is 2.17. The Labute approximate surface area is 225 Å². The van der Waals surface area contributed by atoms with E-state index >= 15 is 0 Å². The van der Waals surface area contributed by atoms with Crippen LogP contribution in [-0.4, -0.2) is 78.6 Å². The van der Waals surface area contributed by atoms with Crippen LogP contribution in [-0.2, 0) is 4.74 Å². The molecule has 0 radical (unpaired) electrons. The van der Waals surface area contributed by atoms with Gasteiger partial charge in [0.15, 0.2) is 0 Å². The van der Waals surface area contributed by atoms with Gasteiger partial charge in [-0.05, 0) is 83.5 Å². The van der Waals surface area contributed by atoms with E-state index in [0.717, 1.165) is 79.9 Å². The second-order valence-corrected chi connectivity index (χ2v) is 12.0. The number of rotatable bonds is 7.